The monoisotopic (exact) mass is 363 g/mol. The van der Waals surface area contributed by atoms with Crippen molar-refractivity contribution in [1.29, 1.82) is 0 Å². The summed E-state index contributed by atoms with van der Waals surface area (Å²) in [6.07, 6.45) is 7.07. The zero-order valence-electron chi connectivity index (χ0n) is 14.1. The van der Waals surface area contributed by atoms with E-state index in [1.54, 1.807) is 25.3 Å². The molecule has 134 valence electrons. The SMILES string of the molecule is COCCN1C(=O)C2C=CC(C(=O)NCC3CCCO3)=CC2=NC1=S. The molecule has 3 aliphatic rings. The van der Waals surface area contributed by atoms with Crippen molar-refractivity contribution in [1.82, 2.24) is 10.2 Å². The summed E-state index contributed by atoms with van der Waals surface area (Å²) in [5, 5.41) is 3.07. The van der Waals surface area contributed by atoms with Crippen molar-refractivity contribution in [3.63, 3.8) is 0 Å². The lowest BCUT2D eigenvalue weighted by Gasteiger charge is -2.30. The smallest absolute Gasteiger partial charge is 0.251 e. The van der Waals surface area contributed by atoms with Gasteiger partial charge in [0, 0.05) is 25.8 Å². The molecule has 2 amide bonds. The van der Waals surface area contributed by atoms with Gasteiger partial charge in [0.15, 0.2) is 0 Å². The van der Waals surface area contributed by atoms with E-state index >= 15 is 0 Å². The van der Waals surface area contributed by atoms with E-state index in [0.29, 0.717) is 31.0 Å². The number of hydrogen-bond acceptors (Lipinski definition) is 5. The largest absolute Gasteiger partial charge is 0.383 e. The van der Waals surface area contributed by atoms with E-state index < -0.39 is 5.92 Å². The second kappa shape index (κ2) is 7.99. The van der Waals surface area contributed by atoms with Crippen LogP contribution in [-0.2, 0) is 19.1 Å². The van der Waals surface area contributed by atoms with Crippen molar-refractivity contribution in [3.8, 4) is 0 Å². The van der Waals surface area contributed by atoms with Crippen molar-refractivity contribution < 1.29 is 19.1 Å². The van der Waals surface area contributed by atoms with Crippen LogP contribution in [0.15, 0.2) is 28.8 Å². The summed E-state index contributed by atoms with van der Waals surface area (Å²) in [5.41, 5.74) is 0.974. The fraction of sp³-hybridized carbons (Fsp3) is 0.529. The fourth-order valence-corrected chi connectivity index (χ4v) is 3.27. The highest BCUT2D eigenvalue weighted by molar-refractivity contribution is 7.80. The first-order chi connectivity index (χ1) is 12.1. The van der Waals surface area contributed by atoms with Gasteiger partial charge in [0.1, 0.15) is 0 Å². The Kier molecular flexibility index (Phi) is 5.72. The van der Waals surface area contributed by atoms with E-state index in [0.717, 1.165) is 19.4 Å². The standard InChI is InChI=1S/C17H21N3O4S/c1-23-8-6-20-16(22)13-5-4-11(9-14(13)19-17(20)25)15(21)18-10-12-3-2-7-24-12/h4-5,9,12-13H,2-3,6-8,10H2,1H3,(H,18,21). The molecule has 3 rings (SSSR count). The van der Waals surface area contributed by atoms with Gasteiger partial charge in [-0.3, -0.25) is 14.5 Å². The van der Waals surface area contributed by atoms with Gasteiger partial charge < -0.3 is 14.8 Å². The third-order valence-electron chi connectivity index (χ3n) is 4.37. The molecular formula is C17H21N3O4S. The maximum absolute atomic E-state index is 12.6. The number of amides is 2. The second-order valence-electron chi connectivity index (χ2n) is 6.08. The molecule has 0 aromatic carbocycles. The zero-order valence-corrected chi connectivity index (χ0v) is 14.9. The van der Waals surface area contributed by atoms with Gasteiger partial charge >= 0.3 is 0 Å². The lowest BCUT2D eigenvalue weighted by atomic mass is 9.91. The number of methoxy groups -OCH3 is 1. The molecule has 0 spiro atoms. The van der Waals surface area contributed by atoms with Crippen LogP contribution in [0.5, 0.6) is 0 Å². The minimum absolute atomic E-state index is 0.0837. The van der Waals surface area contributed by atoms with Crippen molar-refractivity contribution in [3.05, 3.63) is 23.8 Å². The first-order valence-corrected chi connectivity index (χ1v) is 8.73. The summed E-state index contributed by atoms with van der Waals surface area (Å²) < 4.78 is 10.5. The van der Waals surface area contributed by atoms with E-state index in [-0.39, 0.29) is 23.0 Å². The molecule has 1 N–H and O–H groups in total. The van der Waals surface area contributed by atoms with E-state index in [9.17, 15) is 9.59 Å². The topological polar surface area (TPSA) is 80.2 Å². The highest BCUT2D eigenvalue weighted by Gasteiger charge is 2.35. The summed E-state index contributed by atoms with van der Waals surface area (Å²) in [6.45, 7) is 2.00. The van der Waals surface area contributed by atoms with Crippen LogP contribution in [0, 0.1) is 5.92 Å². The number of aliphatic imine (C=N–C) groups is 1. The minimum Gasteiger partial charge on any atom is -0.383 e. The van der Waals surface area contributed by atoms with E-state index in [1.165, 1.54) is 4.90 Å². The molecule has 0 radical (unpaired) electrons. The van der Waals surface area contributed by atoms with E-state index in [2.05, 4.69) is 10.3 Å². The molecule has 0 aromatic heterocycles. The van der Waals surface area contributed by atoms with Gasteiger partial charge in [0.25, 0.3) is 5.91 Å². The first-order valence-electron chi connectivity index (χ1n) is 8.32. The predicted molar refractivity (Wildman–Crippen MR) is 96.3 cm³/mol. The highest BCUT2D eigenvalue weighted by atomic mass is 32.1. The van der Waals surface area contributed by atoms with Crippen LogP contribution in [0.4, 0.5) is 0 Å². The fourth-order valence-electron chi connectivity index (χ4n) is 2.98. The van der Waals surface area contributed by atoms with Gasteiger partial charge in [-0.05, 0) is 31.1 Å². The molecule has 1 aliphatic carbocycles. The Labute approximate surface area is 151 Å². The van der Waals surface area contributed by atoms with Crippen LogP contribution < -0.4 is 5.32 Å². The Morgan fingerprint density at radius 3 is 3.12 bits per heavy atom. The van der Waals surface area contributed by atoms with Crippen LogP contribution >= 0.6 is 12.2 Å². The Balaban J connectivity index is 1.67. The summed E-state index contributed by atoms with van der Waals surface area (Å²) in [6, 6.07) is 0. The molecule has 1 fully saturated rings. The summed E-state index contributed by atoms with van der Waals surface area (Å²) in [5.74, 6) is -0.843. The Hall–Kier alpha value is -1.90. The third kappa shape index (κ3) is 4.02. The van der Waals surface area contributed by atoms with Crippen molar-refractivity contribution in [2.24, 2.45) is 10.9 Å². The number of carbonyl (C=O) groups is 2. The van der Waals surface area contributed by atoms with Crippen LogP contribution in [0.1, 0.15) is 12.8 Å². The normalized spacial score (nSPS) is 25.6. The number of rotatable bonds is 6. The number of fused-ring (bicyclic) bond motifs is 1. The molecule has 0 bridgehead atoms. The average molecular weight is 363 g/mol. The number of carbonyl (C=O) groups excluding carboxylic acids is 2. The first kappa shape index (κ1) is 17.9. The average Bonchev–Trinajstić information content (AvgIpc) is 3.12. The highest BCUT2D eigenvalue weighted by Crippen LogP contribution is 2.22. The molecule has 1 saturated heterocycles. The lowest BCUT2D eigenvalue weighted by Crippen LogP contribution is -2.47. The molecule has 8 heteroatoms. The number of nitrogens with zero attached hydrogens (tertiary/aromatic N) is 2. The number of thiocarbonyl (C=S) groups is 1. The van der Waals surface area contributed by atoms with Crippen molar-refractivity contribution in [2.45, 2.75) is 18.9 Å². The molecule has 2 atom stereocenters. The number of hydrogen-bond donors (Lipinski definition) is 1. The Morgan fingerprint density at radius 1 is 1.56 bits per heavy atom. The molecule has 0 aromatic rings. The van der Waals surface area contributed by atoms with Gasteiger partial charge in [-0.15, -0.1) is 0 Å². The van der Waals surface area contributed by atoms with Crippen LogP contribution in [-0.4, -0.2) is 67.1 Å². The minimum atomic E-state index is -0.502. The molecule has 2 heterocycles. The van der Waals surface area contributed by atoms with Crippen LogP contribution in [0.25, 0.3) is 0 Å². The van der Waals surface area contributed by atoms with Gasteiger partial charge in [-0.2, -0.15) is 0 Å². The molecule has 0 saturated carbocycles. The Bertz CT molecular complexity index is 665. The van der Waals surface area contributed by atoms with Crippen LogP contribution in [0.2, 0.25) is 0 Å². The van der Waals surface area contributed by atoms with E-state index in [4.69, 9.17) is 21.7 Å². The number of allylic oxidation sites excluding steroid dienone is 1. The second-order valence-corrected chi connectivity index (χ2v) is 6.45. The van der Waals surface area contributed by atoms with Gasteiger partial charge in [0.05, 0.1) is 30.9 Å². The predicted octanol–water partition coefficient (Wildman–Crippen LogP) is 0.609. The number of ether oxygens (including phenoxy) is 2. The van der Waals surface area contributed by atoms with Crippen molar-refractivity contribution >= 4 is 34.9 Å². The zero-order chi connectivity index (χ0) is 17.8. The quantitative estimate of drug-likeness (QED) is 0.700. The summed E-state index contributed by atoms with van der Waals surface area (Å²) in [7, 11) is 1.57. The molecule has 25 heavy (non-hydrogen) atoms. The van der Waals surface area contributed by atoms with E-state index in [1.807, 2.05) is 0 Å². The molecule has 2 unspecified atom stereocenters. The van der Waals surface area contributed by atoms with Gasteiger partial charge in [-0.25, -0.2) is 4.99 Å². The summed E-state index contributed by atoms with van der Waals surface area (Å²) >= 11 is 5.21. The molecule has 2 aliphatic heterocycles. The van der Waals surface area contributed by atoms with Gasteiger partial charge in [-0.1, -0.05) is 12.2 Å². The van der Waals surface area contributed by atoms with Crippen LogP contribution in [0.3, 0.4) is 0 Å². The van der Waals surface area contributed by atoms with Gasteiger partial charge in [0.2, 0.25) is 11.0 Å². The molecule has 7 nitrogen and oxygen atoms in total. The molecular weight excluding hydrogens is 342 g/mol. The Morgan fingerprint density at radius 2 is 2.40 bits per heavy atom. The maximum Gasteiger partial charge on any atom is 0.251 e. The summed E-state index contributed by atoms with van der Waals surface area (Å²) in [4.78, 5) is 30.6. The number of nitrogens with one attached hydrogen (secondary N) is 1. The van der Waals surface area contributed by atoms with Crippen molar-refractivity contribution in [2.75, 3.05) is 33.4 Å². The third-order valence-corrected chi connectivity index (χ3v) is 4.69. The lowest BCUT2D eigenvalue weighted by molar-refractivity contribution is -0.129. The maximum atomic E-state index is 12.6.